The second kappa shape index (κ2) is 9.82. The number of carbonyl (C=O) groups excluding carboxylic acids is 2. The van der Waals surface area contributed by atoms with Crippen molar-refractivity contribution in [3.05, 3.63) is 47.7 Å². The summed E-state index contributed by atoms with van der Waals surface area (Å²) in [5, 5.41) is 19.1. The van der Waals surface area contributed by atoms with Crippen molar-refractivity contribution in [3.63, 3.8) is 0 Å². The van der Waals surface area contributed by atoms with Gasteiger partial charge in [-0.05, 0) is 43.5 Å². The van der Waals surface area contributed by atoms with Crippen LogP contribution in [-0.4, -0.2) is 70.6 Å². The lowest BCUT2D eigenvalue weighted by atomic mass is 9.98. The van der Waals surface area contributed by atoms with Gasteiger partial charge in [-0.25, -0.2) is 4.98 Å². The number of nitrogens with zero attached hydrogens (tertiary/aromatic N) is 4. The van der Waals surface area contributed by atoms with Gasteiger partial charge in [0.1, 0.15) is 11.7 Å². The second-order valence-corrected chi connectivity index (χ2v) is 9.39. The van der Waals surface area contributed by atoms with Crippen molar-refractivity contribution in [2.45, 2.75) is 38.8 Å². The fourth-order valence-electron chi connectivity index (χ4n) is 4.25. The summed E-state index contributed by atoms with van der Waals surface area (Å²) in [7, 11) is 1.79. The molecule has 3 atom stereocenters. The maximum absolute atomic E-state index is 13.6. The largest absolute Gasteiger partial charge is 0.472 e. The van der Waals surface area contributed by atoms with Gasteiger partial charge >= 0.3 is 0 Å². The quantitative estimate of drug-likeness (QED) is 0.707. The Morgan fingerprint density at radius 3 is 2.79 bits per heavy atom. The number of pyridine rings is 1. The number of hydrogen-bond acceptors (Lipinski definition) is 6. The van der Waals surface area contributed by atoms with E-state index in [2.05, 4.69) is 11.1 Å². The van der Waals surface area contributed by atoms with E-state index in [4.69, 9.17) is 4.74 Å². The molecule has 2 aromatic rings. The van der Waals surface area contributed by atoms with Crippen LogP contribution in [-0.2, 0) is 4.79 Å². The minimum Gasteiger partial charge on any atom is -0.472 e. The Kier molecular flexibility index (Phi) is 6.85. The molecule has 178 valence electrons. The van der Waals surface area contributed by atoms with Gasteiger partial charge in [0.15, 0.2) is 0 Å². The number of likely N-dealkylation sites (N-methyl/N-ethyl adjacent to an activating group) is 1. The number of rotatable bonds is 6. The maximum atomic E-state index is 13.6. The molecule has 8 nitrogen and oxygen atoms in total. The number of aromatic nitrogens is 1. The number of amides is 2. The first-order valence-electron chi connectivity index (χ1n) is 11.7. The Bertz CT molecular complexity index is 1120. The lowest BCUT2D eigenvalue weighted by Gasteiger charge is -2.37. The van der Waals surface area contributed by atoms with E-state index in [1.165, 1.54) is 0 Å². The molecule has 2 heterocycles. The van der Waals surface area contributed by atoms with E-state index in [1.54, 1.807) is 54.2 Å². The SMILES string of the molecule is C[C@@H]1CN([C@@H](C)CO)C(=O)c2cc(-c3cccc(C#N)c3)cnc2O[C@@H]1CN(C)C(=O)C1CC1. The number of hydrogen-bond donors (Lipinski definition) is 1. The van der Waals surface area contributed by atoms with E-state index in [0.29, 0.717) is 29.8 Å². The number of aliphatic hydroxyl groups excluding tert-OH is 1. The highest BCUT2D eigenvalue weighted by atomic mass is 16.5. The Morgan fingerprint density at radius 2 is 2.12 bits per heavy atom. The number of ether oxygens (including phenoxy) is 1. The molecule has 8 heteroatoms. The third kappa shape index (κ3) is 4.90. The van der Waals surface area contributed by atoms with Crippen molar-refractivity contribution in [3.8, 4) is 23.1 Å². The summed E-state index contributed by atoms with van der Waals surface area (Å²) in [5.41, 5.74) is 2.27. The van der Waals surface area contributed by atoms with Crippen LogP contribution in [0.25, 0.3) is 11.1 Å². The number of benzene rings is 1. The summed E-state index contributed by atoms with van der Waals surface area (Å²) in [4.78, 5) is 34.0. The number of carbonyl (C=O) groups is 2. The zero-order chi connectivity index (χ0) is 24.4. The molecule has 2 amide bonds. The van der Waals surface area contributed by atoms with Crippen LogP contribution >= 0.6 is 0 Å². The molecule has 1 aromatic heterocycles. The molecule has 1 saturated carbocycles. The highest BCUT2D eigenvalue weighted by Crippen LogP contribution is 2.33. The van der Waals surface area contributed by atoms with Gasteiger partial charge in [-0.2, -0.15) is 5.26 Å². The van der Waals surface area contributed by atoms with E-state index in [1.807, 2.05) is 13.0 Å². The third-order valence-corrected chi connectivity index (χ3v) is 6.60. The fourth-order valence-corrected chi connectivity index (χ4v) is 4.25. The van der Waals surface area contributed by atoms with Crippen molar-refractivity contribution < 1.29 is 19.4 Å². The molecule has 1 fully saturated rings. The van der Waals surface area contributed by atoms with Crippen LogP contribution in [0, 0.1) is 23.2 Å². The van der Waals surface area contributed by atoms with Gasteiger partial charge in [0.2, 0.25) is 11.8 Å². The predicted octanol–water partition coefficient (Wildman–Crippen LogP) is 2.71. The highest BCUT2D eigenvalue weighted by molar-refractivity contribution is 5.98. The summed E-state index contributed by atoms with van der Waals surface area (Å²) in [5.74, 6) is 0.0856. The second-order valence-electron chi connectivity index (χ2n) is 9.39. The first-order valence-corrected chi connectivity index (χ1v) is 11.7. The summed E-state index contributed by atoms with van der Waals surface area (Å²) < 4.78 is 6.27. The van der Waals surface area contributed by atoms with Crippen LogP contribution in [0.15, 0.2) is 36.5 Å². The Hall–Kier alpha value is -3.44. The molecular weight excluding hydrogens is 432 g/mol. The zero-order valence-electron chi connectivity index (χ0n) is 19.8. The van der Waals surface area contributed by atoms with E-state index in [0.717, 1.165) is 18.4 Å². The monoisotopic (exact) mass is 462 g/mol. The average Bonchev–Trinajstić information content (AvgIpc) is 3.70. The molecule has 4 rings (SSSR count). The van der Waals surface area contributed by atoms with Gasteiger partial charge in [-0.3, -0.25) is 9.59 Å². The van der Waals surface area contributed by atoms with Crippen LogP contribution in [0.1, 0.15) is 42.6 Å². The van der Waals surface area contributed by atoms with Crippen LogP contribution < -0.4 is 4.74 Å². The minimum absolute atomic E-state index is 0.0886. The van der Waals surface area contributed by atoms with E-state index >= 15 is 0 Å². The van der Waals surface area contributed by atoms with Gasteiger partial charge in [-0.1, -0.05) is 19.1 Å². The molecule has 0 saturated heterocycles. The fraction of sp³-hybridized carbons (Fsp3) is 0.462. The molecule has 1 N–H and O–H groups in total. The molecule has 34 heavy (non-hydrogen) atoms. The minimum atomic E-state index is -0.391. The molecule has 1 aromatic carbocycles. The molecular formula is C26H30N4O4. The smallest absolute Gasteiger partial charge is 0.259 e. The molecule has 0 radical (unpaired) electrons. The van der Waals surface area contributed by atoms with Crippen molar-refractivity contribution in [2.24, 2.45) is 11.8 Å². The summed E-state index contributed by atoms with van der Waals surface area (Å²) in [6.45, 7) is 4.38. The molecule has 1 aliphatic heterocycles. The van der Waals surface area contributed by atoms with Crippen LogP contribution in [0.4, 0.5) is 0 Å². The summed E-state index contributed by atoms with van der Waals surface area (Å²) in [6, 6.07) is 10.6. The predicted molar refractivity (Wildman–Crippen MR) is 126 cm³/mol. The number of aliphatic hydroxyl groups is 1. The summed E-state index contributed by atoms with van der Waals surface area (Å²) in [6.07, 6.45) is 3.12. The maximum Gasteiger partial charge on any atom is 0.259 e. The van der Waals surface area contributed by atoms with Crippen LogP contribution in [0.5, 0.6) is 5.88 Å². The Labute approximate surface area is 199 Å². The van der Waals surface area contributed by atoms with Crippen LogP contribution in [0.2, 0.25) is 0 Å². The van der Waals surface area contributed by atoms with Crippen molar-refractivity contribution in [2.75, 3.05) is 26.7 Å². The third-order valence-electron chi connectivity index (χ3n) is 6.60. The van der Waals surface area contributed by atoms with Crippen molar-refractivity contribution in [1.82, 2.24) is 14.8 Å². The standard InChI is InChI=1S/C26H30N4O4/c1-16-13-30(17(2)15-31)26(33)22-10-21(20-6-4-5-18(9-20)11-27)12-28-24(22)34-23(16)14-29(3)25(32)19-7-8-19/h4-6,9-10,12,16-17,19,23,31H,7-8,13-15H2,1-3H3/t16-,17+,23-/m1/s1. The van der Waals surface area contributed by atoms with E-state index in [9.17, 15) is 20.0 Å². The average molecular weight is 463 g/mol. The van der Waals surface area contributed by atoms with Crippen molar-refractivity contribution in [1.29, 1.82) is 5.26 Å². The van der Waals surface area contributed by atoms with Gasteiger partial charge in [-0.15, -0.1) is 0 Å². The van der Waals surface area contributed by atoms with Gasteiger partial charge < -0.3 is 19.6 Å². The normalized spacial score (nSPS) is 20.9. The highest BCUT2D eigenvalue weighted by Gasteiger charge is 2.37. The molecule has 0 bridgehead atoms. The lowest BCUT2D eigenvalue weighted by molar-refractivity contribution is -0.132. The number of nitriles is 1. The van der Waals surface area contributed by atoms with E-state index < -0.39 is 6.04 Å². The first-order chi connectivity index (χ1) is 16.3. The zero-order valence-corrected chi connectivity index (χ0v) is 19.8. The lowest BCUT2D eigenvalue weighted by Crippen LogP contribution is -2.50. The molecule has 1 aliphatic carbocycles. The first kappa shape index (κ1) is 23.7. The Balaban J connectivity index is 1.71. The van der Waals surface area contributed by atoms with Crippen molar-refractivity contribution >= 4 is 11.8 Å². The number of fused-ring (bicyclic) bond motifs is 1. The molecule has 0 unspecified atom stereocenters. The summed E-state index contributed by atoms with van der Waals surface area (Å²) >= 11 is 0. The Morgan fingerprint density at radius 1 is 1.35 bits per heavy atom. The van der Waals surface area contributed by atoms with E-state index in [-0.39, 0.29) is 42.2 Å². The van der Waals surface area contributed by atoms with Gasteiger partial charge in [0.05, 0.1) is 30.8 Å². The molecule has 0 spiro atoms. The van der Waals surface area contributed by atoms with Crippen LogP contribution in [0.3, 0.4) is 0 Å². The molecule has 2 aliphatic rings. The topological polar surface area (TPSA) is 107 Å². The van der Waals surface area contributed by atoms with Gasteiger partial charge in [0, 0.05) is 37.2 Å². The van der Waals surface area contributed by atoms with Gasteiger partial charge in [0.25, 0.3) is 5.91 Å².